The van der Waals surface area contributed by atoms with E-state index in [4.69, 9.17) is 0 Å². The van der Waals surface area contributed by atoms with Gasteiger partial charge >= 0.3 is 0 Å². The number of fused-ring (bicyclic) bond motifs is 3. The maximum atomic E-state index is 12.8. The SMILES string of the molecule is Cc1ccc(-c2ccn(-c3ccc4c(c3)N(C)C3CCNCC43)c(=O)c2)nc1. The van der Waals surface area contributed by atoms with Crippen molar-refractivity contribution in [3.8, 4) is 16.9 Å². The second-order valence-corrected chi connectivity index (χ2v) is 7.87. The number of pyridine rings is 2. The first-order valence-corrected chi connectivity index (χ1v) is 9.85. The van der Waals surface area contributed by atoms with Gasteiger partial charge in [0.2, 0.25) is 0 Å². The molecule has 0 bridgehead atoms. The van der Waals surface area contributed by atoms with E-state index in [1.54, 1.807) is 10.6 Å². The lowest BCUT2D eigenvalue weighted by atomic mass is 9.90. The predicted octanol–water partition coefficient (Wildman–Crippen LogP) is 3.10. The van der Waals surface area contributed by atoms with Crippen LogP contribution in [0.15, 0.2) is 59.7 Å². The molecule has 0 radical (unpaired) electrons. The molecule has 1 N–H and O–H groups in total. The van der Waals surface area contributed by atoms with Crippen molar-refractivity contribution in [1.29, 1.82) is 0 Å². The van der Waals surface area contributed by atoms with Crippen LogP contribution in [0.2, 0.25) is 0 Å². The number of rotatable bonds is 2. The van der Waals surface area contributed by atoms with Crippen LogP contribution in [0.1, 0.15) is 23.5 Å². The monoisotopic (exact) mass is 372 g/mol. The number of piperidine rings is 1. The van der Waals surface area contributed by atoms with Gasteiger partial charge in [0.05, 0.1) is 11.4 Å². The summed E-state index contributed by atoms with van der Waals surface area (Å²) in [5.74, 6) is 0.537. The number of hydrogen-bond donors (Lipinski definition) is 1. The Bertz CT molecular complexity index is 1090. The molecular formula is C23H24N4O. The number of aromatic nitrogens is 2. The second-order valence-electron chi connectivity index (χ2n) is 7.87. The lowest BCUT2D eigenvalue weighted by Crippen LogP contribution is -2.42. The van der Waals surface area contributed by atoms with Crippen LogP contribution >= 0.6 is 0 Å². The highest BCUT2D eigenvalue weighted by Gasteiger charge is 2.37. The fourth-order valence-electron chi connectivity index (χ4n) is 4.60. The molecule has 1 aromatic carbocycles. The molecule has 2 atom stereocenters. The molecule has 0 spiro atoms. The van der Waals surface area contributed by atoms with E-state index in [1.165, 1.54) is 11.3 Å². The molecule has 0 aliphatic carbocycles. The van der Waals surface area contributed by atoms with Crippen LogP contribution in [0.5, 0.6) is 0 Å². The molecule has 2 aliphatic heterocycles. The van der Waals surface area contributed by atoms with Gasteiger partial charge < -0.3 is 10.2 Å². The molecule has 1 fully saturated rings. The maximum absolute atomic E-state index is 12.8. The minimum absolute atomic E-state index is 0.0421. The van der Waals surface area contributed by atoms with Gasteiger partial charge in [-0.1, -0.05) is 12.1 Å². The van der Waals surface area contributed by atoms with Crippen molar-refractivity contribution in [2.75, 3.05) is 25.0 Å². The third-order valence-corrected chi connectivity index (χ3v) is 6.14. The highest BCUT2D eigenvalue weighted by atomic mass is 16.1. The Balaban J connectivity index is 1.51. The highest BCUT2D eigenvalue weighted by molar-refractivity contribution is 5.66. The van der Waals surface area contributed by atoms with Gasteiger partial charge in [0.25, 0.3) is 5.56 Å². The van der Waals surface area contributed by atoms with Crippen LogP contribution in [0.25, 0.3) is 16.9 Å². The summed E-state index contributed by atoms with van der Waals surface area (Å²) < 4.78 is 1.71. The largest absolute Gasteiger partial charge is 0.371 e. The Hall–Kier alpha value is -2.92. The zero-order valence-electron chi connectivity index (χ0n) is 16.2. The molecule has 2 aromatic heterocycles. The number of anilines is 1. The summed E-state index contributed by atoms with van der Waals surface area (Å²) in [7, 11) is 2.17. The first-order valence-electron chi connectivity index (χ1n) is 9.85. The quantitative estimate of drug-likeness (QED) is 0.751. The molecule has 5 rings (SSSR count). The first-order chi connectivity index (χ1) is 13.6. The summed E-state index contributed by atoms with van der Waals surface area (Å²) in [6.07, 6.45) is 4.83. The van der Waals surface area contributed by atoms with Gasteiger partial charge in [-0.05, 0) is 55.3 Å². The van der Waals surface area contributed by atoms with E-state index in [-0.39, 0.29) is 5.56 Å². The van der Waals surface area contributed by atoms with Crippen LogP contribution in [0.4, 0.5) is 5.69 Å². The van der Waals surface area contributed by atoms with Gasteiger partial charge in [0.15, 0.2) is 0 Å². The van der Waals surface area contributed by atoms with E-state index in [2.05, 4.69) is 40.4 Å². The average molecular weight is 372 g/mol. The van der Waals surface area contributed by atoms with Crippen molar-refractivity contribution in [3.05, 3.63) is 76.3 Å². The first kappa shape index (κ1) is 17.2. The minimum atomic E-state index is -0.0421. The summed E-state index contributed by atoms with van der Waals surface area (Å²) in [6, 6.07) is 14.6. The van der Waals surface area contributed by atoms with E-state index in [9.17, 15) is 4.79 Å². The Morgan fingerprint density at radius 1 is 1.14 bits per heavy atom. The minimum Gasteiger partial charge on any atom is -0.371 e. The summed E-state index contributed by atoms with van der Waals surface area (Å²) >= 11 is 0. The van der Waals surface area contributed by atoms with Crippen molar-refractivity contribution >= 4 is 5.69 Å². The van der Waals surface area contributed by atoms with Crippen molar-refractivity contribution in [1.82, 2.24) is 14.9 Å². The average Bonchev–Trinajstić information content (AvgIpc) is 3.01. The molecule has 2 aliphatic rings. The van der Waals surface area contributed by atoms with Gasteiger partial charge in [-0.15, -0.1) is 0 Å². The van der Waals surface area contributed by atoms with E-state index >= 15 is 0 Å². The molecule has 4 heterocycles. The van der Waals surface area contributed by atoms with Crippen LogP contribution in [0, 0.1) is 6.92 Å². The number of likely N-dealkylation sites (N-methyl/N-ethyl adjacent to an activating group) is 1. The van der Waals surface area contributed by atoms with E-state index in [0.717, 1.165) is 42.0 Å². The van der Waals surface area contributed by atoms with Crippen LogP contribution in [-0.4, -0.2) is 35.7 Å². The van der Waals surface area contributed by atoms with E-state index in [0.29, 0.717) is 12.0 Å². The smallest absolute Gasteiger partial charge is 0.255 e. The normalized spacial score (nSPS) is 20.7. The van der Waals surface area contributed by atoms with Crippen LogP contribution in [-0.2, 0) is 0 Å². The Labute approximate surface area is 164 Å². The molecule has 28 heavy (non-hydrogen) atoms. The molecule has 5 heteroatoms. The lowest BCUT2D eigenvalue weighted by molar-refractivity contribution is 0.413. The fourth-order valence-corrected chi connectivity index (χ4v) is 4.60. The second kappa shape index (κ2) is 6.60. The Morgan fingerprint density at radius 2 is 2.04 bits per heavy atom. The number of hydrogen-bond acceptors (Lipinski definition) is 4. The molecule has 142 valence electrons. The summed E-state index contributed by atoms with van der Waals surface area (Å²) in [4.78, 5) is 19.6. The summed E-state index contributed by atoms with van der Waals surface area (Å²) in [5.41, 5.74) is 6.27. The van der Waals surface area contributed by atoms with Crippen molar-refractivity contribution in [3.63, 3.8) is 0 Å². The van der Waals surface area contributed by atoms with E-state index in [1.807, 2.05) is 37.5 Å². The van der Waals surface area contributed by atoms with Crippen molar-refractivity contribution in [2.24, 2.45) is 0 Å². The standard InChI is InChI=1S/C23H24N4O/c1-15-3-6-20(25-13-15)16-8-10-27(23(28)11-16)17-4-5-18-19-14-24-9-7-21(19)26(2)22(18)12-17/h3-6,8,10-13,19,21,24H,7,9,14H2,1-2H3. The molecular weight excluding hydrogens is 348 g/mol. The Morgan fingerprint density at radius 3 is 2.82 bits per heavy atom. The van der Waals surface area contributed by atoms with Crippen molar-refractivity contribution in [2.45, 2.75) is 25.3 Å². The summed E-state index contributed by atoms with van der Waals surface area (Å²) in [5, 5.41) is 3.51. The summed E-state index contributed by atoms with van der Waals surface area (Å²) in [6.45, 7) is 4.10. The highest BCUT2D eigenvalue weighted by Crippen LogP contribution is 2.42. The third-order valence-electron chi connectivity index (χ3n) is 6.14. The molecule has 5 nitrogen and oxygen atoms in total. The van der Waals surface area contributed by atoms with Crippen LogP contribution < -0.4 is 15.8 Å². The fraction of sp³-hybridized carbons (Fsp3) is 0.304. The van der Waals surface area contributed by atoms with Crippen molar-refractivity contribution < 1.29 is 0 Å². The number of nitrogens with one attached hydrogen (secondary N) is 1. The molecule has 3 aromatic rings. The number of nitrogens with zero attached hydrogens (tertiary/aromatic N) is 3. The topological polar surface area (TPSA) is 50.2 Å². The number of aryl methyl sites for hydroxylation is 1. The van der Waals surface area contributed by atoms with Gasteiger partial charge in [-0.2, -0.15) is 0 Å². The lowest BCUT2D eigenvalue weighted by Gasteiger charge is -2.31. The molecule has 1 saturated heterocycles. The third kappa shape index (κ3) is 2.74. The van der Waals surface area contributed by atoms with Gasteiger partial charge in [-0.25, -0.2) is 0 Å². The van der Waals surface area contributed by atoms with Crippen LogP contribution in [0.3, 0.4) is 0 Å². The van der Waals surface area contributed by atoms with Gasteiger partial charge in [-0.3, -0.25) is 14.3 Å². The van der Waals surface area contributed by atoms with Gasteiger partial charge in [0.1, 0.15) is 0 Å². The zero-order chi connectivity index (χ0) is 19.3. The predicted molar refractivity (Wildman–Crippen MR) is 112 cm³/mol. The van der Waals surface area contributed by atoms with E-state index < -0.39 is 0 Å². The molecule has 2 unspecified atom stereocenters. The molecule has 0 amide bonds. The zero-order valence-corrected chi connectivity index (χ0v) is 16.2. The number of benzene rings is 1. The molecule has 0 saturated carbocycles. The van der Waals surface area contributed by atoms with Gasteiger partial charge in [0, 0.05) is 55.3 Å². The maximum Gasteiger partial charge on any atom is 0.255 e. The Kier molecular flexibility index (Phi) is 4.05.